The molecule has 0 radical (unpaired) electrons. The number of hydrogen-bond donors (Lipinski definition) is 2. The smallest absolute Gasteiger partial charge is 0.313 e. The average molecular weight is 320 g/mol. The van der Waals surface area contributed by atoms with Crippen LogP contribution in [0.25, 0.3) is 5.82 Å². The van der Waals surface area contributed by atoms with E-state index in [4.69, 9.17) is 5.11 Å². The first-order chi connectivity index (χ1) is 10.5. The molecule has 0 saturated carbocycles. The highest BCUT2D eigenvalue weighted by atomic mass is 32.2. The minimum atomic E-state index is -0.936. The summed E-state index contributed by atoms with van der Waals surface area (Å²) in [5, 5.41) is 15.5. The Morgan fingerprint density at radius 3 is 2.64 bits per heavy atom. The predicted octanol–water partition coefficient (Wildman–Crippen LogP) is 1.64. The fraction of sp³-hybridized carbons (Fsp3) is 0.286. The highest BCUT2D eigenvalue weighted by molar-refractivity contribution is 8.00. The number of rotatable bonds is 6. The monoisotopic (exact) mass is 320 g/mol. The normalized spacial score (nSPS) is 10.5. The third-order valence-corrected chi connectivity index (χ3v) is 3.63. The van der Waals surface area contributed by atoms with Crippen LogP contribution in [0.15, 0.2) is 24.4 Å². The molecule has 0 aliphatic rings. The molecular formula is C14H16N4O3S. The number of aliphatic carboxylic acids is 1. The lowest BCUT2D eigenvalue weighted by molar-refractivity contribution is -0.133. The molecule has 2 N–H and O–H groups in total. The summed E-state index contributed by atoms with van der Waals surface area (Å²) >= 11 is 1.05. The van der Waals surface area contributed by atoms with Gasteiger partial charge in [-0.05, 0) is 32.0 Å². The molecule has 22 heavy (non-hydrogen) atoms. The van der Waals surface area contributed by atoms with Crippen molar-refractivity contribution in [3.05, 3.63) is 35.8 Å². The summed E-state index contributed by atoms with van der Waals surface area (Å²) < 4.78 is 1.73. The van der Waals surface area contributed by atoms with Gasteiger partial charge in [-0.3, -0.25) is 9.59 Å². The Labute approximate surface area is 131 Å². The quantitative estimate of drug-likeness (QED) is 0.840. The maximum Gasteiger partial charge on any atom is 0.313 e. The van der Waals surface area contributed by atoms with Gasteiger partial charge in [-0.2, -0.15) is 5.10 Å². The number of carboxylic acids is 1. The van der Waals surface area contributed by atoms with Gasteiger partial charge in [-0.25, -0.2) is 9.67 Å². The summed E-state index contributed by atoms with van der Waals surface area (Å²) in [6, 6.07) is 5.45. The van der Waals surface area contributed by atoms with Gasteiger partial charge in [0.15, 0.2) is 5.82 Å². The van der Waals surface area contributed by atoms with Crippen molar-refractivity contribution in [3.63, 3.8) is 0 Å². The van der Waals surface area contributed by atoms with Crippen LogP contribution in [0.2, 0.25) is 0 Å². The number of thioether (sulfide) groups is 1. The Bertz CT molecular complexity index is 682. The topological polar surface area (TPSA) is 97.1 Å². The van der Waals surface area contributed by atoms with E-state index < -0.39 is 5.97 Å². The first-order valence-electron chi connectivity index (χ1n) is 6.55. The fourth-order valence-corrected chi connectivity index (χ4v) is 2.41. The molecule has 0 atom stereocenters. The molecule has 0 bridgehead atoms. The summed E-state index contributed by atoms with van der Waals surface area (Å²) in [5.74, 6) is -0.530. The first kappa shape index (κ1) is 16.0. The molecule has 0 aliphatic heterocycles. The summed E-state index contributed by atoms with van der Waals surface area (Å²) in [6.45, 7) is 3.85. The van der Waals surface area contributed by atoms with Gasteiger partial charge in [0.25, 0.3) is 0 Å². The van der Waals surface area contributed by atoms with Crippen LogP contribution < -0.4 is 5.32 Å². The van der Waals surface area contributed by atoms with Crippen molar-refractivity contribution >= 4 is 29.3 Å². The lowest BCUT2D eigenvalue weighted by Crippen LogP contribution is -2.15. The van der Waals surface area contributed by atoms with E-state index >= 15 is 0 Å². The van der Waals surface area contributed by atoms with Crippen LogP contribution in [0.1, 0.15) is 11.4 Å². The van der Waals surface area contributed by atoms with E-state index in [0.717, 1.165) is 23.1 Å². The van der Waals surface area contributed by atoms with Crippen molar-refractivity contribution in [2.24, 2.45) is 0 Å². The molecule has 2 aromatic rings. The highest BCUT2D eigenvalue weighted by Crippen LogP contribution is 2.13. The Hall–Kier alpha value is -2.35. The van der Waals surface area contributed by atoms with Gasteiger partial charge < -0.3 is 10.4 Å². The van der Waals surface area contributed by atoms with Crippen LogP contribution in [-0.4, -0.2) is 43.3 Å². The highest BCUT2D eigenvalue weighted by Gasteiger charge is 2.07. The van der Waals surface area contributed by atoms with Crippen molar-refractivity contribution < 1.29 is 14.7 Å². The molecule has 8 heteroatoms. The molecule has 0 aromatic carbocycles. The molecule has 2 aromatic heterocycles. The largest absolute Gasteiger partial charge is 0.481 e. The number of nitrogens with one attached hydrogen (secondary N) is 1. The van der Waals surface area contributed by atoms with Gasteiger partial charge in [0, 0.05) is 5.69 Å². The molecule has 2 heterocycles. The van der Waals surface area contributed by atoms with E-state index in [-0.39, 0.29) is 17.4 Å². The number of anilines is 1. The number of aromatic nitrogens is 3. The maximum absolute atomic E-state index is 11.6. The predicted molar refractivity (Wildman–Crippen MR) is 84.4 cm³/mol. The number of amides is 1. The van der Waals surface area contributed by atoms with E-state index in [0.29, 0.717) is 11.5 Å². The van der Waals surface area contributed by atoms with Gasteiger partial charge in [0.05, 0.1) is 29.1 Å². The summed E-state index contributed by atoms with van der Waals surface area (Å²) in [4.78, 5) is 26.3. The molecule has 0 aliphatic carbocycles. The fourth-order valence-electron chi connectivity index (χ4n) is 1.87. The summed E-state index contributed by atoms with van der Waals surface area (Å²) in [7, 11) is 0. The van der Waals surface area contributed by atoms with Crippen molar-refractivity contribution in [2.45, 2.75) is 13.8 Å². The van der Waals surface area contributed by atoms with Gasteiger partial charge in [-0.1, -0.05) is 0 Å². The maximum atomic E-state index is 11.6. The second-order valence-electron chi connectivity index (χ2n) is 4.68. The standard InChI is InChI=1S/C14H16N4O3S/c1-9-5-10(2)18(17-9)12-4-3-11(6-15-12)16-13(19)7-22-8-14(20)21/h3-6H,7-8H2,1-2H3,(H,16,19)(H,20,21). The number of carbonyl (C=O) groups excluding carboxylic acids is 1. The SMILES string of the molecule is Cc1cc(C)n(-c2ccc(NC(=O)CSCC(=O)O)cn2)n1. The third kappa shape index (κ3) is 4.32. The van der Waals surface area contributed by atoms with Crippen LogP contribution in [0.5, 0.6) is 0 Å². The van der Waals surface area contributed by atoms with Crippen LogP contribution >= 0.6 is 11.8 Å². The number of carbonyl (C=O) groups is 2. The van der Waals surface area contributed by atoms with Crippen LogP contribution in [0, 0.1) is 13.8 Å². The zero-order valence-electron chi connectivity index (χ0n) is 12.2. The zero-order valence-corrected chi connectivity index (χ0v) is 13.1. The molecule has 2 rings (SSSR count). The van der Waals surface area contributed by atoms with Gasteiger partial charge in [0.2, 0.25) is 5.91 Å². The number of aryl methyl sites for hydroxylation is 2. The Morgan fingerprint density at radius 1 is 1.32 bits per heavy atom. The lowest BCUT2D eigenvalue weighted by atomic mass is 10.4. The number of hydrogen-bond acceptors (Lipinski definition) is 5. The van der Waals surface area contributed by atoms with Gasteiger partial charge in [0.1, 0.15) is 0 Å². The van der Waals surface area contributed by atoms with Crippen molar-refractivity contribution in [3.8, 4) is 5.82 Å². The van der Waals surface area contributed by atoms with Crippen LogP contribution in [0.4, 0.5) is 5.69 Å². The number of nitrogens with zero attached hydrogens (tertiary/aromatic N) is 3. The molecule has 7 nitrogen and oxygen atoms in total. The summed E-state index contributed by atoms with van der Waals surface area (Å²) in [6.07, 6.45) is 1.55. The summed E-state index contributed by atoms with van der Waals surface area (Å²) in [5.41, 5.74) is 2.45. The molecule has 0 spiro atoms. The molecule has 0 fully saturated rings. The Balaban J connectivity index is 1.96. The van der Waals surface area contributed by atoms with Crippen LogP contribution in [-0.2, 0) is 9.59 Å². The van der Waals surface area contributed by atoms with Crippen molar-refractivity contribution in [1.29, 1.82) is 0 Å². The zero-order chi connectivity index (χ0) is 16.1. The van der Waals surface area contributed by atoms with E-state index in [9.17, 15) is 9.59 Å². The number of pyridine rings is 1. The van der Waals surface area contributed by atoms with Crippen LogP contribution in [0.3, 0.4) is 0 Å². The molecular weight excluding hydrogens is 304 g/mol. The first-order valence-corrected chi connectivity index (χ1v) is 7.70. The second kappa shape index (κ2) is 7.08. The Kier molecular flexibility index (Phi) is 5.16. The van der Waals surface area contributed by atoms with E-state index in [2.05, 4.69) is 15.4 Å². The van der Waals surface area contributed by atoms with E-state index in [1.54, 1.807) is 23.0 Å². The minimum absolute atomic E-state index is 0.0888. The third-order valence-electron chi connectivity index (χ3n) is 2.72. The van der Waals surface area contributed by atoms with E-state index in [1.165, 1.54) is 0 Å². The van der Waals surface area contributed by atoms with Gasteiger partial charge >= 0.3 is 5.97 Å². The van der Waals surface area contributed by atoms with Crippen molar-refractivity contribution in [1.82, 2.24) is 14.8 Å². The molecule has 1 amide bonds. The van der Waals surface area contributed by atoms with Gasteiger partial charge in [-0.15, -0.1) is 11.8 Å². The lowest BCUT2D eigenvalue weighted by Gasteiger charge is -2.06. The Morgan fingerprint density at radius 2 is 2.09 bits per heavy atom. The average Bonchev–Trinajstić information content (AvgIpc) is 2.78. The minimum Gasteiger partial charge on any atom is -0.481 e. The molecule has 0 saturated heterocycles. The number of carboxylic acid groups (broad SMARTS) is 1. The molecule has 116 valence electrons. The second-order valence-corrected chi connectivity index (χ2v) is 5.66. The van der Waals surface area contributed by atoms with E-state index in [1.807, 2.05) is 19.9 Å². The molecule has 0 unspecified atom stereocenters. The van der Waals surface area contributed by atoms with Crippen molar-refractivity contribution in [2.75, 3.05) is 16.8 Å².